The summed E-state index contributed by atoms with van der Waals surface area (Å²) in [7, 11) is 1.50. The van der Waals surface area contributed by atoms with E-state index in [2.05, 4.69) is 29.0 Å². The Morgan fingerprint density at radius 1 is 1.24 bits per heavy atom. The highest BCUT2D eigenvalue weighted by Gasteiger charge is 2.42. The first-order valence-corrected chi connectivity index (χ1v) is 11.5. The van der Waals surface area contributed by atoms with Crippen LogP contribution in [-0.4, -0.2) is 40.7 Å². The molecule has 0 atom stereocenters. The van der Waals surface area contributed by atoms with E-state index in [-0.39, 0.29) is 17.8 Å². The Kier molecular flexibility index (Phi) is 6.61. The number of aliphatic hydroxyl groups is 1. The van der Waals surface area contributed by atoms with Crippen LogP contribution in [0.5, 0.6) is 5.75 Å². The number of hydrogen-bond acceptors (Lipinski definition) is 5. The molecule has 0 radical (unpaired) electrons. The van der Waals surface area contributed by atoms with Crippen molar-refractivity contribution in [2.75, 3.05) is 19.0 Å². The smallest absolute Gasteiger partial charge is 0.433 e. The number of hydrogen-bond donors (Lipinski definition) is 2. The number of nitrogens with zero attached hydrogens (tertiary/aromatic N) is 2. The predicted molar refractivity (Wildman–Crippen MR) is 122 cm³/mol. The number of fused-ring (bicyclic) bond motifs is 1. The molecule has 1 aliphatic heterocycles. The van der Waals surface area contributed by atoms with Crippen molar-refractivity contribution in [1.29, 1.82) is 0 Å². The molecule has 9 heteroatoms. The van der Waals surface area contributed by atoms with Crippen LogP contribution < -0.4 is 10.1 Å². The fraction of sp³-hybridized carbons (Fsp3) is 0.520. The van der Waals surface area contributed by atoms with Crippen LogP contribution in [-0.2, 0) is 18.3 Å². The van der Waals surface area contributed by atoms with Gasteiger partial charge in [-0.25, -0.2) is 4.98 Å². The van der Waals surface area contributed by atoms with Crippen molar-refractivity contribution in [3.05, 3.63) is 52.8 Å². The lowest BCUT2D eigenvalue weighted by Crippen LogP contribution is -2.45. The number of ether oxygens (including phenoxy) is 1. The van der Waals surface area contributed by atoms with Crippen molar-refractivity contribution >= 4 is 11.6 Å². The molecule has 1 aliphatic carbocycles. The zero-order valence-electron chi connectivity index (χ0n) is 19.6. The third kappa shape index (κ3) is 4.63. The van der Waals surface area contributed by atoms with Gasteiger partial charge < -0.3 is 15.2 Å². The Bertz CT molecular complexity index is 1060. The number of aromatic nitrogens is 1. The fourth-order valence-electron chi connectivity index (χ4n) is 5.26. The maximum Gasteiger partial charge on any atom is 0.433 e. The quantitative estimate of drug-likeness (QED) is 0.637. The molecule has 1 aromatic carbocycles. The summed E-state index contributed by atoms with van der Waals surface area (Å²) in [5.41, 5.74) is 0.859. The van der Waals surface area contributed by atoms with E-state index < -0.39 is 17.8 Å². The minimum Gasteiger partial charge on any atom is -0.495 e. The molecular formula is C25H30F3N3O3. The van der Waals surface area contributed by atoms with E-state index in [1.54, 1.807) is 0 Å². The number of carbonyl (C=O) groups is 1. The first-order valence-electron chi connectivity index (χ1n) is 11.5. The predicted octanol–water partition coefficient (Wildman–Crippen LogP) is 4.96. The first-order chi connectivity index (χ1) is 16.0. The molecule has 2 aromatic rings. The molecule has 0 unspecified atom stereocenters. The van der Waals surface area contributed by atoms with E-state index in [1.807, 2.05) is 12.1 Å². The van der Waals surface area contributed by atoms with Gasteiger partial charge in [0.15, 0.2) is 0 Å². The van der Waals surface area contributed by atoms with Crippen molar-refractivity contribution in [2.24, 2.45) is 5.92 Å². The zero-order valence-corrected chi connectivity index (χ0v) is 19.6. The summed E-state index contributed by atoms with van der Waals surface area (Å²) in [6.07, 6.45) is -0.598. The molecule has 1 fully saturated rings. The Labute approximate surface area is 197 Å². The second kappa shape index (κ2) is 9.19. The molecule has 6 nitrogen and oxygen atoms in total. The highest BCUT2D eigenvalue weighted by atomic mass is 19.4. The van der Waals surface area contributed by atoms with Gasteiger partial charge in [0.25, 0.3) is 5.91 Å². The van der Waals surface area contributed by atoms with Crippen molar-refractivity contribution in [2.45, 2.75) is 63.8 Å². The average molecular weight is 478 g/mol. The lowest BCUT2D eigenvalue weighted by Gasteiger charge is -2.42. The number of anilines is 1. The zero-order chi connectivity index (χ0) is 24.7. The van der Waals surface area contributed by atoms with Crippen molar-refractivity contribution < 1.29 is 27.8 Å². The molecule has 1 aromatic heterocycles. The number of benzene rings is 1. The maximum absolute atomic E-state index is 13.0. The van der Waals surface area contributed by atoms with Gasteiger partial charge in [0.05, 0.1) is 12.8 Å². The van der Waals surface area contributed by atoms with Crippen LogP contribution in [0.3, 0.4) is 0 Å². The van der Waals surface area contributed by atoms with Gasteiger partial charge in [-0.3, -0.25) is 9.69 Å². The minimum atomic E-state index is -4.63. The van der Waals surface area contributed by atoms with E-state index in [9.17, 15) is 23.1 Å². The SMILES string of the molecule is COc1cc2c(cc1NC(=O)c1cccc(C(F)(F)F)n1)CN([C@H]1CC[C@H](CO)CC1)C2(C)C. The van der Waals surface area contributed by atoms with E-state index in [1.165, 1.54) is 13.2 Å². The third-order valence-corrected chi connectivity index (χ3v) is 7.18. The van der Waals surface area contributed by atoms with Gasteiger partial charge in [-0.2, -0.15) is 13.2 Å². The fourth-order valence-corrected chi connectivity index (χ4v) is 5.26. The average Bonchev–Trinajstić information content (AvgIpc) is 3.07. The molecule has 0 spiro atoms. The highest BCUT2D eigenvalue weighted by Crippen LogP contribution is 2.46. The van der Waals surface area contributed by atoms with Crippen LogP contribution >= 0.6 is 0 Å². The molecule has 0 bridgehead atoms. The Balaban J connectivity index is 1.58. The highest BCUT2D eigenvalue weighted by molar-refractivity contribution is 6.03. The molecule has 2 N–H and O–H groups in total. The van der Waals surface area contributed by atoms with Gasteiger partial charge in [-0.15, -0.1) is 0 Å². The molecule has 2 heterocycles. The van der Waals surface area contributed by atoms with Gasteiger partial charge in [0.1, 0.15) is 17.1 Å². The molecule has 1 saturated carbocycles. The standard InChI is InChI=1S/C25H30F3N3O3/c1-24(2)18-12-21(34-3)20(30-23(33)19-5-4-6-22(29-19)25(26,27)28)11-16(18)13-31(24)17-9-7-15(14-32)8-10-17/h4-6,11-12,15,17,32H,7-10,13-14H2,1-3H3,(H,30,33)/t15-,17-. The second-order valence-electron chi connectivity index (χ2n) is 9.61. The molecule has 1 amide bonds. The largest absolute Gasteiger partial charge is 0.495 e. The van der Waals surface area contributed by atoms with Crippen molar-refractivity contribution in [1.82, 2.24) is 9.88 Å². The summed E-state index contributed by atoms with van der Waals surface area (Å²) >= 11 is 0. The van der Waals surface area contributed by atoms with Crippen LogP contribution in [0.25, 0.3) is 0 Å². The summed E-state index contributed by atoms with van der Waals surface area (Å²) in [6.45, 7) is 5.27. The van der Waals surface area contributed by atoms with E-state index >= 15 is 0 Å². The Morgan fingerprint density at radius 2 is 1.94 bits per heavy atom. The number of nitrogens with one attached hydrogen (secondary N) is 1. The first kappa shape index (κ1) is 24.5. The van der Waals surface area contributed by atoms with E-state index in [0.717, 1.165) is 48.9 Å². The summed E-state index contributed by atoms with van der Waals surface area (Å²) in [5.74, 6) is 0.0782. The molecular weight excluding hydrogens is 447 g/mol. The Morgan fingerprint density at radius 3 is 2.56 bits per heavy atom. The number of alkyl halides is 3. The topological polar surface area (TPSA) is 74.7 Å². The summed E-state index contributed by atoms with van der Waals surface area (Å²) in [5, 5.41) is 12.1. The van der Waals surface area contributed by atoms with Gasteiger partial charge in [-0.1, -0.05) is 6.07 Å². The summed E-state index contributed by atoms with van der Waals surface area (Å²) < 4.78 is 44.5. The number of amides is 1. The van der Waals surface area contributed by atoms with E-state index in [4.69, 9.17) is 4.74 Å². The van der Waals surface area contributed by atoms with Gasteiger partial charge >= 0.3 is 6.18 Å². The Hall–Kier alpha value is -2.65. The third-order valence-electron chi connectivity index (χ3n) is 7.18. The lowest BCUT2D eigenvalue weighted by atomic mass is 9.84. The molecule has 4 rings (SSSR count). The van der Waals surface area contributed by atoms with Gasteiger partial charge in [0, 0.05) is 24.7 Å². The maximum atomic E-state index is 13.0. The van der Waals surface area contributed by atoms with Gasteiger partial charge in [-0.05, 0) is 80.8 Å². The van der Waals surface area contributed by atoms with Crippen LogP contribution in [0.15, 0.2) is 30.3 Å². The number of rotatable bonds is 5. The molecule has 34 heavy (non-hydrogen) atoms. The number of methoxy groups -OCH3 is 1. The summed E-state index contributed by atoms with van der Waals surface area (Å²) in [4.78, 5) is 18.7. The molecule has 0 saturated heterocycles. The van der Waals surface area contributed by atoms with Crippen LogP contribution in [0.4, 0.5) is 18.9 Å². The minimum absolute atomic E-state index is 0.233. The van der Waals surface area contributed by atoms with Crippen LogP contribution in [0.1, 0.15) is 66.8 Å². The van der Waals surface area contributed by atoms with Crippen LogP contribution in [0, 0.1) is 5.92 Å². The lowest BCUT2D eigenvalue weighted by molar-refractivity contribution is -0.141. The second-order valence-corrected chi connectivity index (χ2v) is 9.61. The monoisotopic (exact) mass is 477 g/mol. The summed E-state index contributed by atoms with van der Waals surface area (Å²) in [6, 6.07) is 7.39. The van der Waals surface area contributed by atoms with Gasteiger partial charge in [0.2, 0.25) is 0 Å². The molecule has 184 valence electrons. The number of aliphatic hydroxyl groups excluding tert-OH is 1. The van der Waals surface area contributed by atoms with Crippen molar-refractivity contribution in [3.8, 4) is 5.75 Å². The van der Waals surface area contributed by atoms with Crippen molar-refractivity contribution in [3.63, 3.8) is 0 Å². The number of pyridine rings is 1. The normalized spacial score (nSPS) is 22.3. The number of carbonyl (C=O) groups excluding carboxylic acids is 1. The molecule has 2 aliphatic rings. The number of halogens is 3. The van der Waals surface area contributed by atoms with Crippen LogP contribution in [0.2, 0.25) is 0 Å². The van der Waals surface area contributed by atoms with E-state index in [0.29, 0.717) is 29.9 Å².